The van der Waals surface area contributed by atoms with Gasteiger partial charge in [-0.15, -0.1) is 0 Å². The number of benzene rings is 1. The van der Waals surface area contributed by atoms with Crippen molar-refractivity contribution in [3.05, 3.63) is 34.3 Å². The van der Waals surface area contributed by atoms with Gasteiger partial charge >= 0.3 is 6.18 Å². The standard InChI is InChI=1S/C10H8ClF3O/c1-2-9(15)7-5-6(11)3-4-8(7)10(12,13)14/h3-5H,2H2,1H3. The summed E-state index contributed by atoms with van der Waals surface area (Å²) in [4.78, 5) is 11.3. The lowest BCUT2D eigenvalue weighted by atomic mass is 10.0. The normalized spacial score (nSPS) is 11.5. The van der Waals surface area contributed by atoms with Crippen molar-refractivity contribution in [2.75, 3.05) is 0 Å². The zero-order chi connectivity index (χ0) is 11.6. The maximum absolute atomic E-state index is 12.5. The van der Waals surface area contributed by atoms with E-state index in [4.69, 9.17) is 11.6 Å². The summed E-state index contributed by atoms with van der Waals surface area (Å²) in [6.45, 7) is 1.50. The molecule has 0 saturated heterocycles. The Balaban J connectivity index is 3.33. The monoisotopic (exact) mass is 236 g/mol. The van der Waals surface area contributed by atoms with E-state index in [1.165, 1.54) is 6.92 Å². The Hall–Kier alpha value is -1.03. The average molecular weight is 237 g/mol. The first kappa shape index (κ1) is 12.0. The molecular weight excluding hydrogens is 229 g/mol. The van der Waals surface area contributed by atoms with Crippen molar-refractivity contribution in [3.63, 3.8) is 0 Å². The number of Topliss-reactive ketones (excluding diaryl/α,β-unsaturated/α-hetero) is 1. The predicted octanol–water partition coefficient (Wildman–Crippen LogP) is 3.95. The van der Waals surface area contributed by atoms with E-state index in [-0.39, 0.29) is 17.0 Å². The Bertz CT molecular complexity index is 385. The summed E-state index contributed by atoms with van der Waals surface area (Å²) < 4.78 is 37.4. The van der Waals surface area contributed by atoms with Crippen molar-refractivity contribution in [3.8, 4) is 0 Å². The Morgan fingerprint density at radius 2 is 2.00 bits per heavy atom. The fraction of sp³-hybridized carbons (Fsp3) is 0.300. The molecule has 15 heavy (non-hydrogen) atoms. The molecule has 1 aromatic carbocycles. The van der Waals surface area contributed by atoms with Crippen LogP contribution in [0.5, 0.6) is 0 Å². The number of hydrogen-bond acceptors (Lipinski definition) is 1. The van der Waals surface area contributed by atoms with E-state index < -0.39 is 17.5 Å². The summed E-state index contributed by atoms with van der Waals surface area (Å²) >= 11 is 5.55. The highest BCUT2D eigenvalue weighted by Gasteiger charge is 2.34. The van der Waals surface area contributed by atoms with Gasteiger partial charge in [-0.25, -0.2) is 0 Å². The van der Waals surface area contributed by atoms with E-state index in [0.717, 1.165) is 18.2 Å². The van der Waals surface area contributed by atoms with Crippen LogP contribution in [0, 0.1) is 0 Å². The Labute approximate surface area is 89.9 Å². The summed E-state index contributed by atoms with van der Waals surface area (Å²) in [5, 5.41) is 0.125. The maximum atomic E-state index is 12.5. The van der Waals surface area contributed by atoms with Gasteiger partial charge in [-0.2, -0.15) is 13.2 Å². The molecule has 0 radical (unpaired) electrons. The summed E-state index contributed by atoms with van der Waals surface area (Å²) in [7, 11) is 0. The van der Waals surface area contributed by atoms with Crippen LogP contribution in [0.3, 0.4) is 0 Å². The lowest BCUT2D eigenvalue weighted by Gasteiger charge is -2.11. The quantitative estimate of drug-likeness (QED) is 0.711. The lowest BCUT2D eigenvalue weighted by molar-refractivity contribution is -0.137. The van der Waals surface area contributed by atoms with E-state index >= 15 is 0 Å². The predicted molar refractivity (Wildman–Crippen MR) is 51.1 cm³/mol. The van der Waals surface area contributed by atoms with Gasteiger partial charge in [0.1, 0.15) is 0 Å². The average Bonchev–Trinajstić information content (AvgIpc) is 2.14. The Morgan fingerprint density at radius 3 is 2.47 bits per heavy atom. The third-order valence-electron chi connectivity index (χ3n) is 1.91. The Kier molecular flexibility index (Phi) is 3.39. The highest BCUT2D eigenvalue weighted by molar-refractivity contribution is 6.31. The molecule has 0 spiro atoms. The summed E-state index contributed by atoms with van der Waals surface area (Å²) in [5.41, 5.74) is -1.30. The number of ketones is 1. The van der Waals surface area contributed by atoms with Gasteiger partial charge in [0.2, 0.25) is 0 Å². The molecule has 0 N–H and O–H groups in total. The van der Waals surface area contributed by atoms with Gasteiger partial charge in [-0.1, -0.05) is 18.5 Å². The zero-order valence-electron chi connectivity index (χ0n) is 7.86. The molecule has 0 aliphatic rings. The van der Waals surface area contributed by atoms with E-state index in [1.807, 2.05) is 0 Å². The summed E-state index contributed by atoms with van der Waals surface area (Å²) in [6.07, 6.45) is -4.51. The van der Waals surface area contributed by atoms with Gasteiger partial charge < -0.3 is 0 Å². The second kappa shape index (κ2) is 4.23. The third-order valence-corrected chi connectivity index (χ3v) is 2.14. The van der Waals surface area contributed by atoms with Crippen molar-refractivity contribution in [1.82, 2.24) is 0 Å². The van der Waals surface area contributed by atoms with Crippen LogP contribution in [0.25, 0.3) is 0 Å². The molecule has 0 bridgehead atoms. The molecular formula is C10H8ClF3O. The first-order valence-corrected chi connectivity index (χ1v) is 4.64. The van der Waals surface area contributed by atoms with Crippen molar-refractivity contribution in [1.29, 1.82) is 0 Å². The molecule has 1 aromatic rings. The molecule has 0 aromatic heterocycles. The molecule has 0 saturated carbocycles. The molecule has 1 rings (SSSR count). The first-order chi connectivity index (χ1) is 6.86. The summed E-state index contributed by atoms with van der Waals surface area (Å²) in [6, 6.07) is 3.00. The van der Waals surface area contributed by atoms with Crippen molar-refractivity contribution in [2.45, 2.75) is 19.5 Å². The number of carbonyl (C=O) groups is 1. The van der Waals surface area contributed by atoms with Gasteiger partial charge in [0.25, 0.3) is 0 Å². The van der Waals surface area contributed by atoms with Crippen LogP contribution >= 0.6 is 11.6 Å². The molecule has 5 heteroatoms. The first-order valence-electron chi connectivity index (χ1n) is 4.26. The number of carbonyl (C=O) groups excluding carboxylic acids is 1. The number of halogens is 4. The van der Waals surface area contributed by atoms with Gasteiger partial charge in [0.15, 0.2) is 5.78 Å². The van der Waals surface area contributed by atoms with Crippen molar-refractivity contribution in [2.24, 2.45) is 0 Å². The van der Waals surface area contributed by atoms with Gasteiger partial charge in [-0.3, -0.25) is 4.79 Å². The van der Waals surface area contributed by atoms with Crippen LogP contribution in [0.15, 0.2) is 18.2 Å². The summed E-state index contributed by atoms with van der Waals surface area (Å²) in [5.74, 6) is -0.565. The van der Waals surface area contributed by atoms with Crippen LogP contribution in [0.4, 0.5) is 13.2 Å². The topological polar surface area (TPSA) is 17.1 Å². The van der Waals surface area contributed by atoms with Crippen LogP contribution < -0.4 is 0 Å². The number of rotatable bonds is 2. The highest BCUT2D eigenvalue weighted by atomic mass is 35.5. The maximum Gasteiger partial charge on any atom is 0.417 e. The fourth-order valence-corrected chi connectivity index (χ4v) is 1.36. The van der Waals surface area contributed by atoms with Gasteiger partial charge in [0, 0.05) is 17.0 Å². The third kappa shape index (κ3) is 2.72. The van der Waals surface area contributed by atoms with E-state index in [1.54, 1.807) is 0 Å². The smallest absolute Gasteiger partial charge is 0.294 e. The molecule has 0 aliphatic heterocycles. The largest absolute Gasteiger partial charge is 0.417 e. The SMILES string of the molecule is CCC(=O)c1cc(Cl)ccc1C(F)(F)F. The minimum absolute atomic E-state index is 0.0173. The molecule has 0 aliphatic carbocycles. The second-order valence-corrected chi connectivity index (χ2v) is 3.40. The second-order valence-electron chi connectivity index (χ2n) is 2.96. The minimum Gasteiger partial charge on any atom is -0.294 e. The molecule has 1 nitrogen and oxygen atoms in total. The molecule has 0 heterocycles. The van der Waals surface area contributed by atoms with Crippen LogP contribution in [0.2, 0.25) is 5.02 Å². The van der Waals surface area contributed by atoms with Gasteiger partial charge in [0.05, 0.1) is 5.56 Å². The van der Waals surface area contributed by atoms with Crippen molar-refractivity contribution < 1.29 is 18.0 Å². The minimum atomic E-state index is -4.52. The van der Waals surface area contributed by atoms with Crippen LogP contribution in [-0.2, 0) is 6.18 Å². The number of alkyl halides is 3. The van der Waals surface area contributed by atoms with E-state index in [9.17, 15) is 18.0 Å². The molecule has 0 fully saturated rings. The molecule has 0 atom stereocenters. The lowest BCUT2D eigenvalue weighted by Crippen LogP contribution is -2.12. The molecule has 82 valence electrons. The van der Waals surface area contributed by atoms with E-state index in [0.29, 0.717) is 0 Å². The van der Waals surface area contributed by atoms with E-state index in [2.05, 4.69) is 0 Å². The van der Waals surface area contributed by atoms with Gasteiger partial charge in [-0.05, 0) is 18.2 Å². The van der Waals surface area contributed by atoms with Crippen LogP contribution in [0.1, 0.15) is 29.3 Å². The number of hydrogen-bond donors (Lipinski definition) is 0. The Morgan fingerprint density at radius 1 is 1.40 bits per heavy atom. The zero-order valence-corrected chi connectivity index (χ0v) is 8.62. The molecule has 0 amide bonds. The highest BCUT2D eigenvalue weighted by Crippen LogP contribution is 2.33. The van der Waals surface area contributed by atoms with Crippen molar-refractivity contribution >= 4 is 17.4 Å². The van der Waals surface area contributed by atoms with Crippen LogP contribution in [-0.4, -0.2) is 5.78 Å². The molecule has 0 unspecified atom stereocenters. The fourth-order valence-electron chi connectivity index (χ4n) is 1.18.